The van der Waals surface area contributed by atoms with Crippen LogP contribution in [0.25, 0.3) is 0 Å². The summed E-state index contributed by atoms with van der Waals surface area (Å²) in [5.41, 5.74) is 2.19. The lowest BCUT2D eigenvalue weighted by atomic mass is 9.76. The highest BCUT2D eigenvalue weighted by Gasteiger charge is 2.39. The van der Waals surface area contributed by atoms with Crippen LogP contribution in [-0.2, 0) is 5.41 Å². The van der Waals surface area contributed by atoms with Gasteiger partial charge in [0.2, 0.25) is 0 Å². The van der Waals surface area contributed by atoms with Gasteiger partial charge in [0.1, 0.15) is 0 Å². The van der Waals surface area contributed by atoms with E-state index in [2.05, 4.69) is 43.0 Å². The summed E-state index contributed by atoms with van der Waals surface area (Å²) in [6, 6.07) is 9.10. The molecular formula is C17H26S. The summed E-state index contributed by atoms with van der Waals surface area (Å²) < 4.78 is 0. The van der Waals surface area contributed by atoms with Crippen LogP contribution in [0.2, 0.25) is 0 Å². The molecule has 0 nitrogen and oxygen atoms in total. The Kier molecular flexibility index (Phi) is 4.77. The third-order valence-electron chi connectivity index (χ3n) is 4.43. The van der Waals surface area contributed by atoms with Gasteiger partial charge in [0.05, 0.1) is 0 Å². The maximum absolute atomic E-state index is 2.42. The quantitative estimate of drug-likeness (QED) is 0.581. The van der Waals surface area contributed by atoms with Gasteiger partial charge in [-0.25, -0.2) is 0 Å². The normalized spacial score (nSPS) is 30.3. The molecule has 3 rings (SSSR count). The molecule has 100 valence electrons. The number of fused-ring (bicyclic) bond motifs is 2. The van der Waals surface area contributed by atoms with E-state index in [-0.39, 0.29) is 0 Å². The highest BCUT2D eigenvalue weighted by atomic mass is 32.2. The first-order valence-corrected chi connectivity index (χ1v) is 8.51. The molecule has 1 heteroatoms. The molecule has 1 heterocycles. The van der Waals surface area contributed by atoms with Crippen molar-refractivity contribution in [3.05, 3.63) is 29.8 Å². The summed E-state index contributed by atoms with van der Waals surface area (Å²) in [4.78, 5) is 1.55. The van der Waals surface area contributed by atoms with E-state index in [9.17, 15) is 0 Å². The zero-order valence-corrected chi connectivity index (χ0v) is 12.9. The van der Waals surface area contributed by atoms with Crippen molar-refractivity contribution in [1.82, 2.24) is 0 Å². The molecule has 2 unspecified atom stereocenters. The van der Waals surface area contributed by atoms with Gasteiger partial charge in [0.25, 0.3) is 0 Å². The van der Waals surface area contributed by atoms with Crippen molar-refractivity contribution in [3.63, 3.8) is 0 Å². The third kappa shape index (κ3) is 2.61. The first-order chi connectivity index (χ1) is 8.80. The Hall–Kier alpha value is -0.430. The molecular weight excluding hydrogens is 236 g/mol. The van der Waals surface area contributed by atoms with Crippen molar-refractivity contribution in [2.24, 2.45) is 5.92 Å². The first kappa shape index (κ1) is 14.0. The van der Waals surface area contributed by atoms with Crippen molar-refractivity contribution in [2.45, 2.75) is 63.2 Å². The minimum absolute atomic E-state index is 0.534. The number of hydrogen-bond acceptors (Lipinski definition) is 1. The highest BCUT2D eigenvalue weighted by molar-refractivity contribution is 7.99. The van der Waals surface area contributed by atoms with Gasteiger partial charge in [-0.1, -0.05) is 51.8 Å². The number of benzene rings is 1. The summed E-state index contributed by atoms with van der Waals surface area (Å²) >= 11 is 2.08. The highest BCUT2D eigenvalue weighted by Crippen LogP contribution is 2.51. The molecule has 1 aliphatic carbocycles. The monoisotopic (exact) mass is 262 g/mol. The van der Waals surface area contributed by atoms with E-state index >= 15 is 0 Å². The lowest BCUT2D eigenvalue weighted by Crippen LogP contribution is -2.25. The molecule has 1 fully saturated rings. The summed E-state index contributed by atoms with van der Waals surface area (Å²) in [6.45, 7) is 6.42. The smallest absolute Gasteiger partial charge is 0.0110 e. The van der Waals surface area contributed by atoms with Gasteiger partial charge in [-0.2, -0.15) is 0 Å². The summed E-state index contributed by atoms with van der Waals surface area (Å²) in [6.07, 6.45) is 7.12. The molecule has 1 aliphatic heterocycles. The maximum atomic E-state index is 2.42. The molecule has 1 aromatic rings. The second kappa shape index (κ2) is 6.14. The fourth-order valence-corrected chi connectivity index (χ4v) is 4.81. The number of hydrogen-bond donors (Lipinski definition) is 0. The zero-order chi connectivity index (χ0) is 13.0. The van der Waals surface area contributed by atoms with Gasteiger partial charge >= 0.3 is 0 Å². The van der Waals surface area contributed by atoms with Gasteiger partial charge < -0.3 is 0 Å². The second-order valence-corrected chi connectivity index (χ2v) is 6.62. The Morgan fingerprint density at radius 1 is 1.11 bits per heavy atom. The molecule has 0 amide bonds. The molecule has 0 radical (unpaired) electrons. The third-order valence-corrected chi connectivity index (χ3v) is 5.79. The van der Waals surface area contributed by atoms with Gasteiger partial charge in [-0.15, -0.1) is 11.8 Å². The van der Waals surface area contributed by atoms with Crippen molar-refractivity contribution in [3.8, 4) is 0 Å². The van der Waals surface area contributed by atoms with Crippen LogP contribution in [-0.4, -0.2) is 5.75 Å². The molecule has 18 heavy (non-hydrogen) atoms. The second-order valence-electron chi connectivity index (χ2n) is 5.60. The first-order valence-electron chi connectivity index (χ1n) is 7.52. The lowest BCUT2D eigenvalue weighted by Gasteiger charge is -2.28. The van der Waals surface area contributed by atoms with Gasteiger partial charge in [-0.05, 0) is 36.8 Å². The standard InChI is InChI=1S/C15H20S.C2H6/c1-12-5-4-9-15(10-8-12)11-16-14-7-3-2-6-13(14)15;1-2/h2-3,6-7,12H,4-5,8-11H2,1H3;1-2H3. The van der Waals surface area contributed by atoms with E-state index in [1.807, 2.05) is 13.8 Å². The van der Waals surface area contributed by atoms with Crippen LogP contribution in [0.1, 0.15) is 58.4 Å². The summed E-state index contributed by atoms with van der Waals surface area (Å²) in [7, 11) is 0. The average Bonchev–Trinajstić information content (AvgIpc) is 2.67. The maximum Gasteiger partial charge on any atom is 0.0110 e. The molecule has 0 N–H and O–H groups in total. The summed E-state index contributed by atoms with van der Waals surface area (Å²) in [5.74, 6) is 2.27. The Morgan fingerprint density at radius 3 is 2.72 bits per heavy atom. The predicted molar refractivity (Wildman–Crippen MR) is 82.4 cm³/mol. The van der Waals surface area contributed by atoms with Crippen molar-refractivity contribution < 1.29 is 0 Å². The van der Waals surface area contributed by atoms with Crippen LogP contribution in [0, 0.1) is 5.92 Å². The fraction of sp³-hybridized carbons (Fsp3) is 0.647. The Bertz CT molecular complexity index is 385. The van der Waals surface area contributed by atoms with E-state index in [1.165, 1.54) is 37.9 Å². The van der Waals surface area contributed by atoms with Crippen molar-refractivity contribution >= 4 is 11.8 Å². The molecule has 0 aromatic heterocycles. The molecule has 1 saturated carbocycles. The van der Waals surface area contributed by atoms with E-state index < -0.39 is 0 Å². The van der Waals surface area contributed by atoms with Crippen molar-refractivity contribution in [2.75, 3.05) is 5.75 Å². The predicted octanol–water partition coefficient (Wildman–Crippen LogP) is 5.66. The Balaban J connectivity index is 0.000000574. The minimum atomic E-state index is 0.534. The number of thioether (sulfide) groups is 1. The molecule has 1 aromatic carbocycles. The van der Waals surface area contributed by atoms with Gasteiger partial charge in [0, 0.05) is 16.1 Å². The van der Waals surface area contributed by atoms with E-state index in [0.29, 0.717) is 5.41 Å². The van der Waals surface area contributed by atoms with Crippen LogP contribution in [0.5, 0.6) is 0 Å². The zero-order valence-electron chi connectivity index (χ0n) is 12.0. The lowest BCUT2D eigenvalue weighted by molar-refractivity contribution is 0.410. The van der Waals surface area contributed by atoms with E-state index in [1.54, 1.807) is 10.5 Å². The largest absolute Gasteiger partial charge is 0.125 e. The van der Waals surface area contributed by atoms with Gasteiger partial charge in [0.15, 0.2) is 0 Å². The van der Waals surface area contributed by atoms with E-state index in [4.69, 9.17) is 0 Å². The molecule has 2 aliphatic rings. The average molecular weight is 262 g/mol. The molecule has 0 bridgehead atoms. The molecule has 2 atom stereocenters. The molecule has 0 saturated heterocycles. The fourth-order valence-electron chi connectivity index (χ4n) is 3.32. The topological polar surface area (TPSA) is 0 Å². The minimum Gasteiger partial charge on any atom is -0.125 e. The Morgan fingerprint density at radius 2 is 1.89 bits per heavy atom. The van der Waals surface area contributed by atoms with Crippen LogP contribution < -0.4 is 0 Å². The van der Waals surface area contributed by atoms with Crippen LogP contribution in [0.3, 0.4) is 0 Å². The van der Waals surface area contributed by atoms with Crippen LogP contribution in [0.15, 0.2) is 29.2 Å². The van der Waals surface area contributed by atoms with Crippen LogP contribution in [0.4, 0.5) is 0 Å². The Labute approximate surface area is 117 Å². The summed E-state index contributed by atoms with van der Waals surface area (Å²) in [5, 5.41) is 0. The van der Waals surface area contributed by atoms with Gasteiger partial charge in [-0.3, -0.25) is 0 Å². The molecule has 1 spiro atoms. The van der Waals surface area contributed by atoms with Crippen LogP contribution >= 0.6 is 11.8 Å². The van der Waals surface area contributed by atoms with Crippen molar-refractivity contribution in [1.29, 1.82) is 0 Å². The van der Waals surface area contributed by atoms with E-state index in [0.717, 1.165) is 5.92 Å². The number of rotatable bonds is 0. The SMILES string of the molecule is CC.CC1CCCC2(CC1)CSc1ccccc12.